The molecule has 0 atom stereocenters. The normalized spacial score (nSPS) is 10.7. The first-order chi connectivity index (χ1) is 14.0. The van der Waals surface area contributed by atoms with Gasteiger partial charge in [0.05, 0.1) is 18.1 Å². The first-order valence-corrected chi connectivity index (χ1v) is 8.93. The summed E-state index contributed by atoms with van der Waals surface area (Å²) in [4.78, 5) is 10.8. The Morgan fingerprint density at radius 2 is 1.66 bits per heavy atom. The molecule has 7 nitrogen and oxygen atoms in total. The maximum Gasteiger partial charge on any atom is 0.268 e. The van der Waals surface area contributed by atoms with Crippen LogP contribution in [0.3, 0.4) is 0 Å². The molecule has 0 aliphatic carbocycles. The first-order valence-electron chi connectivity index (χ1n) is 8.93. The van der Waals surface area contributed by atoms with Crippen molar-refractivity contribution in [1.82, 2.24) is 25.1 Å². The van der Waals surface area contributed by atoms with E-state index in [2.05, 4.69) is 26.7 Å². The van der Waals surface area contributed by atoms with Crippen LogP contribution in [0.2, 0.25) is 0 Å². The molecule has 0 unspecified atom stereocenters. The van der Waals surface area contributed by atoms with Crippen LogP contribution >= 0.6 is 0 Å². The summed E-state index contributed by atoms with van der Waals surface area (Å²) < 4.78 is 5.73. The van der Waals surface area contributed by atoms with Gasteiger partial charge >= 0.3 is 0 Å². The summed E-state index contributed by atoms with van der Waals surface area (Å²) in [5.74, 6) is 0.689. The highest BCUT2D eigenvalue weighted by Gasteiger charge is 2.13. The minimum atomic E-state index is 0.129. The van der Waals surface area contributed by atoms with Gasteiger partial charge < -0.3 is 14.4 Å². The second-order valence-corrected chi connectivity index (χ2v) is 6.67. The fraction of sp³-hybridized carbons (Fsp3) is 0.0909. The van der Waals surface area contributed by atoms with Crippen molar-refractivity contribution in [2.45, 2.75) is 0 Å². The van der Waals surface area contributed by atoms with Crippen molar-refractivity contribution in [3.63, 3.8) is 0 Å². The third-order valence-electron chi connectivity index (χ3n) is 4.43. The Balaban J connectivity index is 1.62. The van der Waals surface area contributed by atoms with Crippen LogP contribution in [-0.4, -0.2) is 44.3 Å². The molecule has 4 rings (SSSR count). The molecule has 2 aromatic heterocycles. The average molecular weight is 385 g/mol. The van der Waals surface area contributed by atoms with Crippen LogP contribution in [0.5, 0.6) is 5.75 Å². The van der Waals surface area contributed by atoms with E-state index in [9.17, 15) is 5.11 Å². The second-order valence-electron chi connectivity index (χ2n) is 6.67. The molecule has 0 radical (unpaired) electrons. The van der Waals surface area contributed by atoms with Crippen LogP contribution in [0.4, 0.5) is 0 Å². The zero-order valence-electron chi connectivity index (χ0n) is 16.1. The maximum atomic E-state index is 9.62. The van der Waals surface area contributed by atoms with Crippen LogP contribution in [0.1, 0.15) is 5.56 Å². The van der Waals surface area contributed by atoms with Gasteiger partial charge in [0.2, 0.25) is 5.89 Å². The van der Waals surface area contributed by atoms with Crippen LogP contribution in [-0.2, 0) is 0 Å². The van der Waals surface area contributed by atoms with Crippen molar-refractivity contribution in [1.29, 1.82) is 0 Å². The van der Waals surface area contributed by atoms with Crippen LogP contribution in [0.25, 0.3) is 40.0 Å². The van der Waals surface area contributed by atoms with E-state index in [1.165, 1.54) is 0 Å². The number of benzene rings is 2. The Hall–Kier alpha value is -4.00. The number of aromatic hydroxyl groups is 1. The van der Waals surface area contributed by atoms with Crippen LogP contribution in [0, 0.1) is 0 Å². The van der Waals surface area contributed by atoms with Gasteiger partial charge in [-0.15, -0.1) is 10.2 Å². The lowest BCUT2D eigenvalue weighted by Gasteiger charge is -2.15. The predicted molar refractivity (Wildman–Crippen MR) is 111 cm³/mol. The van der Waals surface area contributed by atoms with E-state index in [0.29, 0.717) is 22.8 Å². The Labute approximate surface area is 168 Å². The molecule has 0 saturated heterocycles. The number of nitrogens with zero attached hydrogens (tertiary/aromatic N) is 5. The van der Waals surface area contributed by atoms with Gasteiger partial charge in [-0.25, -0.2) is 4.98 Å². The number of hydrogen-bond donors (Lipinski definition) is 1. The van der Waals surface area contributed by atoms with E-state index in [4.69, 9.17) is 4.42 Å². The average Bonchev–Trinajstić information content (AvgIpc) is 3.24. The van der Waals surface area contributed by atoms with E-state index in [1.54, 1.807) is 36.7 Å². The molecule has 0 bridgehead atoms. The summed E-state index contributed by atoms with van der Waals surface area (Å²) in [7, 11) is 3.92. The summed E-state index contributed by atoms with van der Waals surface area (Å²) in [6.07, 6.45) is 3.26. The fourth-order valence-electron chi connectivity index (χ4n) is 2.78. The Kier molecular flexibility index (Phi) is 4.78. The number of phenolic OH excluding ortho intramolecular Hbond substituents is 1. The monoisotopic (exact) mass is 385 g/mol. The number of aromatic nitrogens is 4. The Morgan fingerprint density at radius 1 is 0.931 bits per heavy atom. The van der Waals surface area contributed by atoms with Crippen LogP contribution in [0.15, 0.2) is 71.9 Å². The summed E-state index contributed by atoms with van der Waals surface area (Å²) in [6, 6.07) is 14.6. The van der Waals surface area contributed by atoms with Gasteiger partial charge in [-0.3, -0.25) is 4.98 Å². The molecular formula is C22H19N5O2. The highest BCUT2D eigenvalue weighted by atomic mass is 16.4. The van der Waals surface area contributed by atoms with Gasteiger partial charge in [-0.1, -0.05) is 36.9 Å². The molecule has 0 saturated carbocycles. The molecule has 0 fully saturated rings. The minimum Gasteiger partial charge on any atom is -0.508 e. The molecule has 144 valence electrons. The molecule has 29 heavy (non-hydrogen) atoms. The predicted octanol–water partition coefficient (Wildman–Crippen LogP) is 4.10. The highest BCUT2D eigenvalue weighted by Crippen LogP contribution is 2.26. The zero-order valence-corrected chi connectivity index (χ0v) is 16.1. The van der Waals surface area contributed by atoms with Crippen molar-refractivity contribution in [2.75, 3.05) is 14.1 Å². The lowest BCUT2D eigenvalue weighted by atomic mass is 10.1. The number of phenols is 1. The second kappa shape index (κ2) is 7.55. The third kappa shape index (κ3) is 3.84. The van der Waals surface area contributed by atoms with Crippen molar-refractivity contribution in [2.24, 2.45) is 0 Å². The molecule has 1 N–H and O–H groups in total. The van der Waals surface area contributed by atoms with Gasteiger partial charge in [0.15, 0.2) is 0 Å². The van der Waals surface area contributed by atoms with Crippen molar-refractivity contribution >= 4 is 5.70 Å². The molecule has 2 aromatic carbocycles. The topological polar surface area (TPSA) is 88.2 Å². The molecule has 7 heteroatoms. The van der Waals surface area contributed by atoms with Gasteiger partial charge in [-0.05, 0) is 23.8 Å². The lowest BCUT2D eigenvalue weighted by Crippen LogP contribution is -2.08. The summed E-state index contributed by atoms with van der Waals surface area (Å²) in [6.45, 7) is 4.07. The lowest BCUT2D eigenvalue weighted by molar-refractivity contribution is 0.475. The van der Waals surface area contributed by atoms with Gasteiger partial charge in [-0.2, -0.15) is 0 Å². The smallest absolute Gasteiger partial charge is 0.268 e. The molecule has 0 aliphatic rings. The van der Waals surface area contributed by atoms with Crippen molar-refractivity contribution in [3.8, 4) is 40.0 Å². The molecule has 0 aliphatic heterocycles. The van der Waals surface area contributed by atoms with Crippen molar-refractivity contribution < 1.29 is 9.52 Å². The zero-order chi connectivity index (χ0) is 20.4. The summed E-state index contributed by atoms with van der Waals surface area (Å²) in [5, 5.41) is 17.7. The summed E-state index contributed by atoms with van der Waals surface area (Å²) >= 11 is 0. The molecule has 0 amide bonds. The number of hydrogen-bond acceptors (Lipinski definition) is 7. The number of rotatable bonds is 5. The highest BCUT2D eigenvalue weighted by molar-refractivity contribution is 5.67. The maximum absolute atomic E-state index is 9.62. The first kappa shape index (κ1) is 18.4. The van der Waals surface area contributed by atoms with E-state index in [0.717, 1.165) is 16.8 Å². The fourth-order valence-corrected chi connectivity index (χ4v) is 2.78. The Morgan fingerprint density at radius 3 is 2.38 bits per heavy atom. The van der Waals surface area contributed by atoms with Gasteiger partial charge in [0.1, 0.15) is 11.4 Å². The van der Waals surface area contributed by atoms with Gasteiger partial charge in [0, 0.05) is 30.9 Å². The SMILES string of the molecule is C=C(c1ccc(-c2cncc(-c3nnc(-c4cccc(O)c4)o3)n2)cc1)N(C)C. The molecule has 4 aromatic rings. The Bertz CT molecular complexity index is 1170. The van der Waals surface area contributed by atoms with E-state index >= 15 is 0 Å². The van der Waals surface area contributed by atoms with Crippen molar-refractivity contribution in [3.05, 3.63) is 73.1 Å². The minimum absolute atomic E-state index is 0.129. The van der Waals surface area contributed by atoms with E-state index in [1.807, 2.05) is 43.3 Å². The molecular weight excluding hydrogens is 366 g/mol. The molecule has 0 spiro atoms. The standard InChI is InChI=1S/C22H19N5O2/c1-14(27(2)3)15-7-9-16(10-8-15)19-12-23-13-20(24-19)22-26-25-21(29-22)17-5-4-6-18(28)11-17/h4-13,28H,1H2,2-3H3. The largest absolute Gasteiger partial charge is 0.508 e. The van der Waals surface area contributed by atoms with E-state index < -0.39 is 0 Å². The molecule has 2 heterocycles. The van der Waals surface area contributed by atoms with E-state index in [-0.39, 0.29) is 11.6 Å². The van der Waals surface area contributed by atoms with Gasteiger partial charge in [0.25, 0.3) is 5.89 Å². The quantitative estimate of drug-likeness (QED) is 0.553. The van der Waals surface area contributed by atoms with Crippen LogP contribution < -0.4 is 0 Å². The summed E-state index contributed by atoms with van der Waals surface area (Å²) in [5.41, 5.74) is 4.69. The third-order valence-corrected chi connectivity index (χ3v) is 4.43.